The molecule has 1 aromatic rings. The zero-order chi connectivity index (χ0) is 14.0. The molecule has 0 aliphatic carbocycles. The second-order valence-electron chi connectivity index (χ2n) is 5.15. The number of nitrogens with zero attached hydrogens (tertiary/aromatic N) is 2. The van der Waals surface area contributed by atoms with Crippen LogP contribution in [-0.2, 0) is 4.79 Å². The van der Waals surface area contributed by atoms with Crippen LogP contribution >= 0.6 is 11.3 Å². The number of hydrogen-bond donors (Lipinski definition) is 1. The zero-order valence-corrected chi connectivity index (χ0v) is 11.9. The van der Waals surface area contributed by atoms with Gasteiger partial charge in [-0.1, -0.05) is 13.8 Å². The van der Waals surface area contributed by atoms with E-state index in [1.807, 2.05) is 13.8 Å². The molecule has 2 rings (SSSR count). The van der Waals surface area contributed by atoms with Crippen molar-refractivity contribution in [2.24, 2.45) is 5.92 Å². The molecule has 104 valence electrons. The summed E-state index contributed by atoms with van der Waals surface area (Å²) in [5, 5.41) is 9.98. The lowest BCUT2D eigenvalue weighted by Gasteiger charge is -2.30. The number of aromatic nitrogens is 1. The number of rotatable bonds is 3. The molecule has 1 amide bonds. The van der Waals surface area contributed by atoms with Gasteiger partial charge < -0.3 is 10.0 Å². The van der Waals surface area contributed by atoms with Crippen molar-refractivity contribution in [1.82, 2.24) is 9.88 Å². The van der Waals surface area contributed by atoms with Crippen LogP contribution in [0.4, 0.5) is 0 Å². The van der Waals surface area contributed by atoms with Gasteiger partial charge >= 0.3 is 5.97 Å². The fraction of sp³-hybridized carbons (Fsp3) is 0.615. The van der Waals surface area contributed by atoms with E-state index in [1.54, 1.807) is 11.1 Å². The average molecular weight is 282 g/mol. The van der Waals surface area contributed by atoms with Gasteiger partial charge in [-0.25, -0.2) is 4.98 Å². The molecule has 1 N–H and O–H groups in total. The van der Waals surface area contributed by atoms with Crippen molar-refractivity contribution in [3.8, 4) is 0 Å². The number of likely N-dealkylation sites (tertiary alicyclic amines) is 1. The van der Waals surface area contributed by atoms with Gasteiger partial charge in [0.05, 0.1) is 17.1 Å². The van der Waals surface area contributed by atoms with Gasteiger partial charge in [-0.15, -0.1) is 11.3 Å². The summed E-state index contributed by atoms with van der Waals surface area (Å²) >= 11 is 1.40. The highest BCUT2D eigenvalue weighted by atomic mass is 32.1. The molecule has 1 aromatic heterocycles. The quantitative estimate of drug-likeness (QED) is 0.922. The minimum Gasteiger partial charge on any atom is -0.481 e. The minimum atomic E-state index is -0.815. The van der Waals surface area contributed by atoms with E-state index in [0.717, 1.165) is 11.4 Å². The van der Waals surface area contributed by atoms with Crippen LogP contribution in [0, 0.1) is 5.92 Å². The average Bonchev–Trinajstić information content (AvgIpc) is 2.87. The molecule has 0 aromatic carbocycles. The smallest absolute Gasteiger partial charge is 0.308 e. The van der Waals surface area contributed by atoms with Crippen LogP contribution in [0.5, 0.6) is 0 Å². The van der Waals surface area contributed by atoms with Crippen LogP contribution in [0.2, 0.25) is 0 Å². The molecule has 5 nitrogen and oxygen atoms in total. The van der Waals surface area contributed by atoms with Crippen molar-refractivity contribution >= 4 is 23.2 Å². The molecule has 0 spiro atoms. The van der Waals surface area contributed by atoms with Gasteiger partial charge in [0.2, 0.25) is 0 Å². The molecular formula is C13H18N2O3S. The molecule has 0 unspecified atom stereocenters. The highest BCUT2D eigenvalue weighted by Gasteiger charge is 2.29. The summed E-state index contributed by atoms with van der Waals surface area (Å²) in [6, 6.07) is 0. The number of hydrogen-bond acceptors (Lipinski definition) is 4. The number of carboxylic acids is 1. The summed E-state index contributed by atoms with van der Waals surface area (Å²) in [4.78, 5) is 29.8. The van der Waals surface area contributed by atoms with E-state index in [4.69, 9.17) is 5.11 Å². The van der Waals surface area contributed by atoms with Crippen LogP contribution in [-0.4, -0.2) is 40.0 Å². The van der Waals surface area contributed by atoms with Crippen LogP contribution < -0.4 is 0 Å². The summed E-state index contributed by atoms with van der Waals surface area (Å²) in [6.45, 7) is 5.02. The Morgan fingerprint density at radius 1 is 1.53 bits per heavy atom. The van der Waals surface area contributed by atoms with E-state index in [0.29, 0.717) is 30.3 Å². The largest absolute Gasteiger partial charge is 0.481 e. The number of aliphatic carboxylic acids is 1. The first kappa shape index (κ1) is 14.0. The fourth-order valence-corrected chi connectivity index (χ4v) is 3.06. The lowest BCUT2D eigenvalue weighted by atomic mass is 9.98. The Morgan fingerprint density at radius 3 is 2.84 bits per heavy atom. The SMILES string of the molecule is CC(C)c1ncc(C(=O)N2CCC[C@H](C(=O)O)C2)s1. The molecule has 6 heteroatoms. The normalized spacial score (nSPS) is 19.7. The Labute approximate surface area is 116 Å². The molecule has 0 radical (unpaired) electrons. The molecular weight excluding hydrogens is 264 g/mol. The van der Waals surface area contributed by atoms with E-state index in [9.17, 15) is 9.59 Å². The Kier molecular flexibility index (Phi) is 4.19. The van der Waals surface area contributed by atoms with Crippen LogP contribution in [0.25, 0.3) is 0 Å². The molecule has 2 heterocycles. The molecule has 0 saturated carbocycles. The molecule has 1 saturated heterocycles. The van der Waals surface area contributed by atoms with E-state index in [-0.39, 0.29) is 5.91 Å². The van der Waals surface area contributed by atoms with Crippen LogP contribution in [0.15, 0.2) is 6.20 Å². The number of amides is 1. The summed E-state index contributed by atoms with van der Waals surface area (Å²) in [5.74, 6) is -1.03. The second kappa shape index (κ2) is 5.69. The maximum atomic E-state index is 12.3. The van der Waals surface area contributed by atoms with Crippen molar-refractivity contribution in [2.45, 2.75) is 32.6 Å². The van der Waals surface area contributed by atoms with E-state index < -0.39 is 11.9 Å². The Balaban J connectivity index is 2.08. The molecule has 1 aliphatic rings. The first-order valence-corrected chi connectivity index (χ1v) is 7.28. The second-order valence-corrected chi connectivity index (χ2v) is 6.21. The lowest BCUT2D eigenvalue weighted by molar-refractivity contribution is -0.143. The van der Waals surface area contributed by atoms with Gasteiger partial charge in [-0.2, -0.15) is 0 Å². The van der Waals surface area contributed by atoms with Gasteiger partial charge in [0, 0.05) is 19.0 Å². The third-order valence-electron chi connectivity index (χ3n) is 3.29. The molecule has 19 heavy (non-hydrogen) atoms. The maximum Gasteiger partial charge on any atom is 0.308 e. The predicted octanol–water partition coefficient (Wildman–Crippen LogP) is 2.20. The highest BCUT2D eigenvalue weighted by Crippen LogP contribution is 2.24. The van der Waals surface area contributed by atoms with Gasteiger partial charge in [0.1, 0.15) is 4.88 Å². The first-order valence-electron chi connectivity index (χ1n) is 6.47. The Hall–Kier alpha value is -1.43. The highest BCUT2D eigenvalue weighted by molar-refractivity contribution is 7.13. The minimum absolute atomic E-state index is 0.0876. The van der Waals surface area contributed by atoms with Crippen LogP contribution in [0.3, 0.4) is 0 Å². The molecule has 1 fully saturated rings. The van der Waals surface area contributed by atoms with Crippen LogP contribution in [0.1, 0.15) is 47.3 Å². The maximum absolute atomic E-state index is 12.3. The van der Waals surface area contributed by atoms with E-state index in [2.05, 4.69) is 4.98 Å². The fourth-order valence-electron chi connectivity index (χ4n) is 2.17. The van der Waals surface area contributed by atoms with Crippen molar-refractivity contribution in [3.05, 3.63) is 16.1 Å². The van der Waals surface area contributed by atoms with Gasteiger partial charge in [0.15, 0.2) is 0 Å². The molecule has 1 atom stereocenters. The van der Waals surface area contributed by atoms with Gasteiger partial charge in [-0.05, 0) is 12.8 Å². The summed E-state index contributed by atoms with van der Waals surface area (Å²) in [6.07, 6.45) is 3.00. The topological polar surface area (TPSA) is 70.5 Å². The Bertz CT molecular complexity index is 484. The van der Waals surface area contributed by atoms with Gasteiger partial charge in [0.25, 0.3) is 5.91 Å². The number of carbonyl (C=O) groups is 2. The van der Waals surface area contributed by atoms with Crippen molar-refractivity contribution in [1.29, 1.82) is 0 Å². The molecule has 0 bridgehead atoms. The number of piperidine rings is 1. The first-order chi connectivity index (χ1) is 8.99. The van der Waals surface area contributed by atoms with E-state index >= 15 is 0 Å². The third-order valence-corrected chi connectivity index (χ3v) is 4.57. The van der Waals surface area contributed by atoms with Crippen molar-refractivity contribution in [2.75, 3.05) is 13.1 Å². The zero-order valence-electron chi connectivity index (χ0n) is 11.1. The summed E-state index contributed by atoms with van der Waals surface area (Å²) < 4.78 is 0. The number of carbonyl (C=O) groups excluding carboxylic acids is 1. The number of carboxylic acid groups (broad SMARTS) is 1. The third kappa shape index (κ3) is 3.12. The standard InChI is InChI=1S/C13H18N2O3S/c1-8(2)11-14-6-10(19-11)12(16)15-5-3-4-9(7-15)13(17)18/h6,8-9H,3-5,7H2,1-2H3,(H,17,18)/t9-/m0/s1. The number of thiazole rings is 1. The van der Waals surface area contributed by atoms with Crippen molar-refractivity contribution < 1.29 is 14.7 Å². The predicted molar refractivity (Wildman–Crippen MR) is 72.5 cm³/mol. The summed E-state index contributed by atoms with van der Waals surface area (Å²) in [7, 11) is 0. The Morgan fingerprint density at radius 2 is 2.26 bits per heavy atom. The van der Waals surface area contributed by atoms with Crippen molar-refractivity contribution in [3.63, 3.8) is 0 Å². The lowest BCUT2D eigenvalue weighted by Crippen LogP contribution is -2.42. The molecule has 1 aliphatic heterocycles. The summed E-state index contributed by atoms with van der Waals surface area (Å²) in [5.41, 5.74) is 0. The van der Waals surface area contributed by atoms with E-state index in [1.165, 1.54) is 11.3 Å². The monoisotopic (exact) mass is 282 g/mol. The van der Waals surface area contributed by atoms with Gasteiger partial charge in [-0.3, -0.25) is 9.59 Å².